The lowest BCUT2D eigenvalue weighted by Crippen LogP contribution is -2.22. The van der Waals surface area contributed by atoms with E-state index in [1.807, 2.05) is 0 Å². The molecule has 0 amide bonds. The molecule has 1 heterocycles. The minimum absolute atomic E-state index is 0.151. The summed E-state index contributed by atoms with van der Waals surface area (Å²) in [5.41, 5.74) is 1.59. The Morgan fingerprint density at radius 1 is 1.47 bits per heavy atom. The molecule has 1 aliphatic rings. The van der Waals surface area contributed by atoms with Gasteiger partial charge in [-0.2, -0.15) is 0 Å². The standard InChI is InChI=1S/C13H17BrN2O3/c1-9-6-11(14)12(7-13(9)16(17)18)15-8-10-2-4-19-5-3-10/h6-7,10,15H,2-5,8H2,1H3. The third-order valence-corrected chi connectivity index (χ3v) is 4.06. The van der Waals surface area contributed by atoms with E-state index >= 15 is 0 Å². The highest BCUT2D eigenvalue weighted by Crippen LogP contribution is 2.31. The minimum atomic E-state index is -0.346. The predicted octanol–water partition coefficient (Wildman–Crippen LogP) is 3.50. The van der Waals surface area contributed by atoms with Crippen LogP contribution >= 0.6 is 15.9 Å². The number of aryl methyl sites for hydroxylation is 1. The van der Waals surface area contributed by atoms with Crippen LogP contribution in [0.25, 0.3) is 0 Å². The molecule has 1 aliphatic heterocycles. The fourth-order valence-corrected chi connectivity index (χ4v) is 2.80. The van der Waals surface area contributed by atoms with Crippen molar-refractivity contribution in [1.82, 2.24) is 0 Å². The number of halogens is 1. The maximum absolute atomic E-state index is 10.9. The maximum Gasteiger partial charge on any atom is 0.274 e. The lowest BCUT2D eigenvalue weighted by atomic mass is 10.0. The number of nitrogens with zero attached hydrogens (tertiary/aromatic N) is 1. The smallest absolute Gasteiger partial charge is 0.274 e. The first-order chi connectivity index (χ1) is 9.08. The van der Waals surface area contributed by atoms with Crippen LogP contribution in [0.15, 0.2) is 16.6 Å². The van der Waals surface area contributed by atoms with E-state index in [4.69, 9.17) is 4.74 Å². The van der Waals surface area contributed by atoms with Crippen molar-refractivity contribution in [2.45, 2.75) is 19.8 Å². The quantitative estimate of drug-likeness (QED) is 0.678. The molecule has 19 heavy (non-hydrogen) atoms. The molecule has 1 saturated heterocycles. The Bertz CT molecular complexity index is 473. The summed E-state index contributed by atoms with van der Waals surface area (Å²) in [6.45, 7) is 4.18. The third kappa shape index (κ3) is 3.67. The van der Waals surface area contributed by atoms with Crippen LogP contribution in [0.5, 0.6) is 0 Å². The van der Waals surface area contributed by atoms with Gasteiger partial charge in [-0.05, 0) is 47.7 Å². The van der Waals surface area contributed by atoms with Crippen molar-refractivity contribution >= 4 is 27.3 Å². The number of nitro groups is 1. The van der Waals surface area contributed by atoms with E-state index in [9.17, 15) is 10.1 Å². The van der Waals surface area contributed by atoms with E-state index in [1.165, 1.54) is 0 Å². The van der Waals surface area contributed by atoms with Gasteiger partial charge in [0.2, 0.25) is 0 Å². The van der Waals surface area contributed by atoms with Crippen LogP contribution in [0, 0.1) is 23.0 Å². The fraction of sp³-hybridized carbons (Fsp3) is 0.538. The second-order valence-electron chi connectivity index (χ2n) is 4.81. The summed E-state index contributed by atoms with van der Waals surface area (Å²) >= 11 is 3.45. The van der Waals surface area contributed by atoms with Crippen molar-refractivity contribution in [2.75, 3.05) is 25.1 Å². The van der Waals surface area contributed by atoms with E-state index < -0.39 is 0 Å². The summed E-state index contributed by atoms with van der Waals surface area (Å²) in [6.07, 6.45) is 2.08. The Morgan fingerprint density at radius 2 is 2.16 bits per heavy atom. The SMILES string of the molecule is Cc1cc(Br)c(NCC2CCOCC2)cc1[N+](=O)[O-]. The Labute approximate surface area is 120 Å². The first-order valence-electron chi connectivity index (χ1n) is 6.34. The van der Waals surface area contributed by atoms with Crippen molar-refractivity contribution in [3.63, 3.8) is 0 Å². The highest BCUT2D eigenvalue weighted by molar-refractivity contribution is 9.10. The van der Waals surface area contributed by atoms with Gasteiger partial charge in [-0.15, -0.1) is 0 Å². The lowest BCUT2D eigenvalue weighted by molar-refractivity contribution is -0.385. The molecule has 0 radical (unpaired) electrons. The lowest BCUT2D eigenvalue weighted by Gasteiger charge is -2.23. The fourth-order valence-electron chi connectivity index (χ4n) is 2.20. The molecule has 1 aromatic rings. The third-order valence-electron chi connectivity index (χ3n) is 3.40. The van der Waals surface area contributed by atoms with Gasteiger partial charge >= 0.3 is 0 Å². The van der Waals surface area contributed by atoms with Gasteiger partial charge in [0.25, 0.3) is 5.69 Å². The monoisotopic (exact) mass is 328 g/mol. The number of rotatable bonds is 4. The number of hydrogen-bond acceptors (Lipinski definition) is 4. The predicted molar refractivity (Wildman–Crippen MR) is 77.6 cm³/mol. The molecule has 0 bridgehead atoms. The average Bonchev–Trinajstić information content (AvgIpc) is 2.38. The maximum atomic E-state index is 10.9. The van der Waals surface area contributed by atoms with E-state index in [-0.39, 0.29) is 10.6 Å². The molecule has 104 valence electrons. The Balaban J connectivity index is 2.06. The average molecular weight is 329 g/mol. The van der Waals surface area contributed by atoms with Crippen molar-refractivity contribution in [3.05, 3.63) is 32.3 Å². The summed E-state index contributed by atoms with van der Waals surface area (Å²) in [5, 5.41) is 14.2. The van der Waals surface area contributed by atoms with Crippen LogP contribution in [0.3, 0.4) is 0 Å². The van der Waals surface area contributed by atoms with E-state index in [0.717, 1.165) is 42.8 Å². The summed E-state index contributed by atoms with van der Waals surface area (Å²) < 4.78 is 6.18. The number of nitro benzene ring substituents is 1. The van der Waals surface area contributed by atoms with Gasteiger partial charge in [0.15, 0.2) is 0 Å². The van der Waals surface area contributed by atoms with Gasteiger partial charge in [0, 0.05) is 35.9 Å². The summed E-state index contributed by atoms with van der Waals surface area (Å²) in [5.74, 6) is 0.570. The van der Waals surface area contributed by atoms with Crippen LogP contribution in [-0.2, 0) is 4.74 Å². The largest absolute Gasteiger partial charge is 0.384 e. The molecule has 5 nitrogen and oxygen atoms in total. The second kappa shape index (κ2) is 6.34. The molecule has 1 N–H and O–H groups in total. The Kier molecular flexibility index (Phi) is 4.76. The van der Waals surface area contributed by atoms with Gasteiger partial charge in [-0.3, -0.25) is 10.1 Å². The van der Waals surface area contributed by atoms with E-state index in [2.05, 4.69) is 21.2 Å². The number of benzene rings is 1. The highest BCUT2D eigenvalue weighted by atomic mass is 79.9. The van der Waals surface area contributed by atoms with Gasteiger partial charge in [-0.1, -0.05) is 0 Å². The summed E-state index contributed by atoms with van der Waals surface area (Å²) in [4.78, 5) is 10.6. The first-order valence-corrected chi connectivity index (χ1v) is 7.13. The number of anilines is 1. The van der Waals surface area contributed by atoms with Crippen LogP contribution in [0.4, 0.5) is 11.4 Å². The molecule has 0 aromatic heterocycles. The molecule has 0 saturated carbocycles. The van der Waals surface area contributed by atoms with Gasteiger partial charge in [0.1, 0.15) is 0 Å². The molecule has 1 aromatic carbocycles. The van der Waals surface area contributed by atoms with Crippen molar-refractivity contribution < 1.29 is 9.66 Å². The Morgan fingerprint density at radius 3 is 2.79 bits per heavy atom. The second-order valence-corrected chi connectivity index (χ2v) is 5.67. The van der Waals surface area contributed by atoms with Gasteiger partial charge < -0.3 is 10.1 Å². The molecular formula is C13H17BrN2O3. The zero-order valence-electron chi connectivity index (χ0n) is 10.8. The van der Waals surface area contributed by atoms with Gasteiger partial charge in [0.05, 0.1) is 10.6 Å². The highest BCUT2D eigenvalue weighted by Gasteiger charge is 2.17. The zero-order chi connectivity index (χ0) is 13.8. The van der Waals surface area contributed by atoms with Crippen LogP contribution in [-0.4, -0.2) is 24.7 Å². The summed E-state index contributed by atoms with van der Waals surface area (Å²) in [6, 6.07) is 3.38. The molecular weight excluding hydrogens is 312 g/mol. The molecule has 6 heteroatoms. The van der Waals surface area contributed by atoms with Crippen LogP contribution in [0.2, 0.25) is 0 Å². The molecule has 0 spiro atoms. The van der Waals surface area contributed by atoms with Crippen LogP contribution in [0.1, 0.15) is 18.4 Å². The number of nitrogens with one attached hydrogen (secondary N) is 1. The molecule has 0 aliphatic carbocycles. The van der Waals surface area contributed by atoms with E-state index in [1.54, 1.807) is 19.1 Å². The zero-order valence-corrected chi connectivity index (χ0v) is 12.4. The van der Waals surface area contributed by atoms with E-state index in [0.29, 0.717) is 11.5 Å². The topological polar surface area (TPSA) is 64.4 Å². The minimum Gasteiger partial charge on any atom is -0.384 e. The van der Waals surface area contributed by atoms with Crippen LogP contribution < -0.4 is 5.32 Å². The van der Waals surface area contributed by atoms with Crippen molar-refractivity contribution in [3.8, 4) is 0 Å². The van der Waals surface area contributed by atoms with Crippen molar-refractivity contribution in [2.24, 2.45) is 5.92 Å². The first kappa shape index (κ1) is 14.3. The molecule has 2 rings (SSSR count). The summed E-state index contributed by atoms with van der Waals surface area (Å²) in [7, 11) is 0. The van der Waals surface area contributed by atoms with Crippen molar-refractivity contribution in [1.29, 1.82) is 0 Å². The van der Waals surface area contributed by atoms with Gasteiger partial charge in [-0.25, -0.2) is 0 Å². The number of hydrogen-bond donors (Lipinski definition) is 1. The number of ether oxygens (including phenoxy) is 1. The Hall–Kier alpha value is -1.14. The molecule has 0 unspecified atom stereocenters. The molecule has 1 fully saturated rings. The normalized spacial score (nSPS) is 16.3. The molecule has 0 atom stereocenters.